The van der Waals surface area contributed by atoms with Crippen molar-refractivity contribution in [1.82, 2.24) is 10.2 Å². The van der Waals surface area contributed by atoms with E-state index in [1.165, 1.54) is 4.90 Å². The van der Waals surface area contributed by atoms with Crippen molar-refractivity contribution in [2.24, 2.45) is 0 Å². The first-order valence-electron chi connectivity index (χ1n) is 4.83. The van der Waals surface area contributed by atoms with E-state index in [4.69, 9.17) is 5.11 Å². The van der Waals surface area contributed by atoms with Crippen LogP contribution in [-0.2, 0) is 9.59 Å². The SMILES string of the molecule is C=CCNC(=O)CN(C)C(CC)C(=O)O. The maximum atomic E-state index is 11.3. The number of aliphatic carboxylic acids is 1. The molecule has 15 heavy (non-hydrogen) atoms. The highest BCUT2D eigenvalue weighted by atomic mass is 16.4. The Bertz CT molecular complexity index is 241. The van der Waals surface area contributed by atoms with Crippen molar-refractivity contribution in [1.29, 1.82) is 0 Å². The molecular formula is C10H18N2O3. The summed E-state index contributed by atoms with van der Waals surface area (Å²) in [4.78, 5) is 23.6. The van der Waals surface area contributed by atoms with Crippen LogP contribution in [0.25, 0.3) is 0 Å². The van der Waals surface area contributed by atoms with E-state index < -0.39 is 12.0 Å². The topological polar surface area (TPSA) is 69.6 Å². The summed E-state index contributed by atoms with van der Waals surface area (Å²) in [6.07, 6.45) is 2.05. The first-order valence-corrected chi connectivity index (χ1v) is 4.83. The molecule has 0 spiro atoms. The molecule has 0 aromatic rings. The summed E-state index contributed by atoms with van der Waals surface area (Å²) in [5.41, 5.74) is 0. The molecule has 1 unspecified atom stereocenters. The van der Waals surface area contributed by atoms with Crippen LogP contribution in [0.1, 0.15) is 13.3 Å². The second kappa shape index (κ2) is 7.00. The molecule has 0 aliphatic carbocycles. The van der Waals surface area contributed by atoms with Crippen molar-refractivity contribution < 1.29 is 14.7 Å². The minimum Gasteiger partial charge on any atom is -0.480 e. The summed E-state index contributed by atoms with van der Waals surface area (Å²) in [6, 6.07) is -0.612. The molecule has 5 nitrogen and oxygen atoms in total. The minimum absolute atomic E-state index is 0.0820. The van der Waals surface area contributed by atoms with Crippen molar-refractivity contribution in [2.75, 3.05) is 20.1 Å². The number of carbonyl (C=O) groups is 2. The van der Waals surface area contributed by atoms with Crippen LogP contribution in [0.4, 0.5) is 0 Å². The first kappa shape index (κ1) is 13.6. The highest BCUT2D eigenvalue weighted by molar-refractivity contribution is 5.79. The molecule has 0 aliphatic heterocycles. The van der Waals surface area contributed by atoms with Crippen LogP contribution in [0.3, 0.4) is 0 Å². The number of carboxylic acid groups (broad SMARTS) is 1. The molecule has 0 aromatic carbocycles. The number of nitrogens with one attached hydrogen (secondary N) is 1. The van der Waals surface area contributed by atoms with Gasteiger partial charge in [0, 0.05) is 6.54 Å². The van der Waals surface area contributed by atoms with Gasteiger partial charge in [0.15, 0.2) is 0 Å². The molecule has 1 amide bonds. The summed E-state index contributed by atoms with van der Waals surface area (Å²) in [5, 5.41) is 11.4. The molecule has 0 rings (SSSR count). The number of nitrogens with zero attached hydrogens (tertiary/aromatic N) is 1. The van der Waals surface area contributed by atoms with Gasteiger partial charge in [0.1, 0.15) is 6.04 Å². The third-order valence-electron chi connectivity index (χ3n) is 2.04. The van der Waals surface area contributed by atoms with E-state index in [0.29, 0.717) is 13.0 Å². The van der Waals surface area contributed by atoms with Gasteiger partial charge in [-0.25, -0.2) is 0 Å². The van der Waals surface area contributed by atoms with E-state index in [1.807, 2.05) is 0 Å². The average Bonchev–Trinajstić information content (AvgIpc) is 2.15. The average molecular weight is 214 g/mol. The number of carbonyl (C=O) groups excluding carboxylic acids is 1. The number of hydrogen-bond donors (Lipinski definition) is 2. The van der Waals surface area contributed by atoms with Gasteiger partial charge in [-0.2, -0.15) is 0 Å². The van der Waals surface area contributed by atoms with Crippen LogP contribution >= 0.6 is 0 Å². The Kier molecular flexibility index (Phi) is 6.37. The van der Waals surface area contributed by atoms with Crippen molar-refractivity contribution in [3.63, 3.8) is 0 Å². The van der Waals surface area contributed by atoms with E-state index in [2.05, 4.69) is 11.9 Å². The van der Waals surface area contributed by atoms with Gasteiger partial charge in [-0.05, 0) is 13.5 Å². The Labute approximate surface area is 89.8 Å². The number of carboxylic acids is 1. The Balaban J connectivity index is 4.09. The van der Waals surface area contributed by atoms with E-state index >= 15 is 0 Å². The molecule has 5 heteroatoms. The molecule has 86 valence electrons. The molecule has 0 radical (unpaired) electrons. The summed E-state index contributed by atoms with van der Waals surface area (Å²) < 4.78 is 0. The molecule has 0 saturated carbocycles. The highest BCUT2D eigenvalue weighted by Crippen LogP contribution is 2.00. The van der Waals surface area contributed by atoms with Gasteiger partial charge in [-0.3, -0.25) is 14.5 Å². The first-order chi connectivity index (χ1) is 7.02. The van der Waals surface area contributed by atoms with Crippen molar-refractivity contribution in [3.05, 3.63) is 12.7 Å². The van der Waals surface area contributed by atoms with E-state index in [0.717, 1.165) is 0 Å². The maximum Gasteiger partial charge on any atom is 0.320 e. The predicted molar refractivity (Wildman–Crippen MR) is 57.6 cm³/mol. The fraction of sp³-hybridized carbons (Fsp3) is 0.600. The molecule has 1 atom stereocenters. The van der Waals surface area contributed by atoms with Gasteiger partial charge in [0.05, 0.1) is 6.54 Å². The number of hydrogen-bond acceptors (Lipinski definition) is 3. The Hall–Kier alpha value is -1.36. The number of amides is 1. The standard InChI is InChI=1S/C10H18N2O3/c1-4-6-11-9(13)7-12(3)8(5-2)10(14)15/h4,8H,1,5-7H2,2-3H3,(H,11,13)(H,14,15). The summed E-state index contributed by atoms with van der Waals surface area (Å²) >= 11 is 0. The number of likely N-dealkylation sites (N-methyl/N-ethyl adjacent to an activating group) is 1. The summed E-state index contributed by atoms with van der Waals surface area (Å²) in [7, 11) is 1.62. The third kappa shape index (κ3) is 5.17. The van der Waals surface area contributed by atoms with Crippen LogP contribution < -0.4 is 5.32 Å². The van der Waals surface area contributed by atoms with E-state index in [-0.39, 0.29) is 12.5 Å². The van der Waals surface area contributed by atoms with Crippen LogP contribution in [0.15, 0.2) is 12.7 Å². The van der Waals surface area contributed by atoms with Crippen LogP contribution in [0.2, 0.25) is 0 Å². The molecular weight excluding hydrogens is 196 g/mol. The van der Waals surface area contributed by atoms with Crippen molar-refractivity contribution >= 4 is 11.9 Å². The van der Waals surface area contributed by atoms with Gasteiger partial charge in [0.2, 0.25) is 5.91 Å². The second-order valence-electron chi connectivity index (χ2n) is 3.27. The summed E-state index contributed by atoms with van der Waals surface area (Å²) in [5.74, 6) is -1.10. The molecule has 0 aromatic heterocycles. The lowest BCUT2D eigenvalue weighted by Crippen LogP contribution is -2.44. The minimum atomic E-state index is -0.906. The largest absolute Gasteiger partial charge is 0.480 e. The quantitative estimate of drug-likeness (QED) is 0.589. The molecule has 0 aliphatic rings. The lowest BCUT2D eigenvalue weighted by atomic mass is 10.2. The van der Waals surface area contributed by atoms with Crippen molar-refractivity contribution in [2.45, 2.75) is 19.4 Å². The van der Waals surface area contributed by atoms with Gasteiger partial charge in [-0.15, -0.1) is 6.58 Å². The lowest BCUT2D eigenvalue weighted by Gasteiger charge is -2.22. The van der Waals surface area contributed by atoms with Gasteiger partial charge in [-0.1, -0.05) is 13.0 Å². The van der Waals surface area contributed by atoms with Crippen molar-refractivity contribution in [3.8, 4) is 0 Å². The monoisotopic (exact) mass is 214 g/mol. The molecule has 0 heterocycles. The predicted octanol–water partition coefficient (Wildman–Crippen LogP) is 0.0836. The van der Waals surface area contributed by atoms with Crippen LogP contribution in [0, 0.1) is 0 Å². The third-order valence-corrected chi connectivity index (χ3v) is 2.04. The Morgan fingerprint density at radius 1 is 1.60 bits per heavy atom. The normalized spacial score (nSPS) is 12.2. The van der Waals surface area contributed by atoms with Gasteiger partial charge < -0.3 is 10.4 Å². The van der Waals surface area contributed by atoms with E-state index in [1.54, 1.807) is 20.0 Å². The summed E-state index contributed by atoms with van der Waals surface area (Å²) in [6.45, 7) is 5.72. The molecule has 0 bridgehead atoms. The van der Waals surface area contributed by atoms with Crippen LogP contribution in [-0.4, -0.2) is 48.1 Å². The van der Waals surface area contributed by atoms with E-state index in [9.17, 15) is 9.59 Å². The fourth-order valence-corrected chi connectivity index (χ4v) is 1.25. The zero-order valence-electron chi connectivity index (χ0n) is 9.19. The zero-order chi connectivity index (χ0) is 11.8. The Morgan fingerprint density at radius 3 is 2.60 bits per heavy atom. The maximum absolute atomic E-state index is 11.3. The van der Waals surface area contributed by atoms with Crippen LogP contribution in [0.5, 0.6) is 0 Å². The molecule has 2 N–H and O–H groups in total. The van der Waals surface area contributed by atoms with Gasteiger partial charge >= 0.3 is 5.97 Å². The molecule has 0 saturated heterocycles. The second-order valence-corrected chi connectivity index (χ2v) is 3.27. The fourth-order valence-electron chi connectivity index (χ4n) is 1.25. The Morgan fingerprint density at radius 2 is 2.20 bits per heavy atom. The molecule has 0 fully saturated rings. The zero-order valence-corrected chi connectivity index (χ0v) is 9.19. The van der Waals surface area contributed by atoms with Gasteiger partial charge in [0.25, 0.3) is 0 Å². The number of rotatable bonds is 7. The smallest absolute Gasteiger partial charge is 0.320 e. The highest BCUT2D eigenvalue weighted by Gasteiger charge is 2.21. The lowest BCUT2D eigenvalue weighted by molar-refractivity contribution is -0.143.